The zero-order chi connectivity index (χ0) is 17.8. The van der Waals surface area contributed by atoms with Crippen molar-refractivity contribution in [3.63, 3.8) is 0 Å². The van der Waals surface area contributed by atoms with Gasteiger partial charge < -0.3 is 10.1 Å². The van der Waals surface area contributed by atoms with Gasteiger partial charge >= 0.3 is 0 Å². The molecule has 0 fully saturated rings. The quantitative estimate of drug-likeness (QED) is 0.363. The second kappa shape index (κ2) is 8.09. The molecular formula is C17H15N5OS3. The molecule has 0 radical (unpaired) electrons. The zero-order valence-corrected chi connectivity index (χ0v) is 16.3. The van der Waals surface area contributed by atoms with Gasteiger partial charge in [0.25, 0.3) is 0 Å². The Balaban J connectivity index is 1.65. The van der Waals surface area contributed by atoms with Gasteiger partial charge in [-0.15, -0.1) is 10.2 Å². The third-order valence-electron chi connectivity index (χ3n) is 3.52. The van der Waals surface area contributed by atoms with Crippen molar-refractivity contribution >= 4 is 50.5 Å². The molecule has 1 N–H and O–H groups in total. The Morgan fingerprint density at radius 2 is 2.08 bits per heavy atom. The van der Waals surface area contributed by atoms with Crippen molar-refractivity contribution in [1.29, 1.82) is 0 Å². The molecule has 0 unspecified atom stereocenters. The Kier molecular flexibility index (Phi) is 5.40. The first kappa shape index (κ1) is 17.3. The number of nitrogens with one attached hydrogen (secondary N) is 1. The lowest BCUT2D eigenvalue weighted by Crippen LogP contribution is -2.06. The largest absolute Gasteiger partial charge is 0.383 e. The van der Waals surface area contributed by atoms with E-state index in [1.54, 1.807) is 18.4 Å². The number of methoxy groups -OCH3 is 1. The van der Waals surface area contributed by atoms with E-state index >= 15 is 0 Å². The molecule has 9 heteroatoms. The number of ether oxygens (including phenoxy) is 1. The number of para-hydroxylation sites is 1. The molecule has 4 rings (SSSR count). The molecule has 0 saturated heterocycles. The highest BCUT2D eigenvalue weighted by Gasteiger charge is 2.13. The minimum Gasteiger partial charge on any atom is -0.383 e. The highest BCUT2D eigenvalue weighted by Crippen LogP contribution is 2.35. The summed E-state index contributed by atoms with van der Waals surface area (Å²) in [5.41, 5.74) is 1.95. The van der Waals surface area contributed by atoms with Crippen LogP contribution < -0.4 is 5.32 Å². The highest BCUT2D eigenvalue weighted by atomic mass is 32.2. The lowest BCUT2D eigenvalue weighted by Gasteiger charge is -2.06. The number of anilines is 1. The van der Waals surface area contributed by atoms with Gasteiger partial charge in [-0.3, -0.25) is 0 Å². The van der Waals surface area contributed by atoms with Crippen LogP contribution >= 0.6 is 34.4 Å². The van der Waals surface area contributed by atoms with E-state index in [1.807, 2.05) is 35.7 Å². The maximum absolute atomic E-state index is 5.04. The smallest absolute Gasteiger partial charge is 0.206 e. The molecule has 0 atom stereocenters. The molecule has 0 aliphatic rings. The van der Waals surface area contributed by atoms with Crippen LogP contribution in [0, 0.1) is 0 Å². The number of benzene rings is 1. The Labute approximate surface area is 162 Å². The lowest BCUT2D eigenvalue weighted by atomic mass is 10.2. The van der Waals surface area contributed by atoms with Crippen molar-refractivity contribution in [3.05, 3.63) is 41.1 Å². The Bertz CT molecular complexity index is 1000. The van der Waals surface area contributed by atoms with E-state index in [0.29, 0.717) is 13.2 Å². The SMILES string of the molecule is COCCNc1nnc(Sc2nc(-c3ccsc3)nc3ccccc23)s1. The molecule has 0 saturated carbocycles. The van der Waals surface area contributed by atoms with Crippen LogP contribution in [0.25, 0.3) is 22.3 Å². The second-order valence-electron chi connectivity index (χ2n) is 5.28. The van der Waals surface area contributed by atoms with Gasteiger partial charge in [-0.05, 0) is 29.3 Å². The van der Waals surface area contributed by atoms with Crippen molar-refractivity contribution in [1.82, 2.24) is 20.2 Å². The average molecular weight is 402 g/mol. The summed E-state index contributed by atoms with van der Waals surface area (Å²) in [6, 6.07) is 10.1. The summed E-state index contributed by atoms with van der Waals surface area (Å²) < 4.78 is 5.87. The average Bonchev–Trinajstić information content (AvgIpc) is 3.34. The summed E-state index contributed by atoms with van der Waals surface area (Å²) in [6.07, 6.45) is 0. The van der Waals surface area contributed by atoms with Gasteiger partial charge in [0.1, 0.15) is 5.03 Å². The number of aromatic nitrogens is 4. The summed E-state index contributed by atoms with van der Waals surface area (Å²) in [5.74, 6) is 0.732. The standard InChI is InChI=1S/C17H15N5OS3/c1-23-8-7-18-16-21-22-17(26-16)25-15-12-4-2-3-5-13(12)19-14(20-15)11-6-9-24-10-11/h2-6,9-10H,7-8H2,1H3,(H,18,21). The van der Waals surface area contributed by atoms with Crippen LogP contribution in [-0.4, -0.2) is 40.4 Å². The van der Waals surface area contributed by atoms with Crippen LogP contribution in [0.3, 0.4) is 0 Å². The van der Waals surface area contributed by atoms with Crippen molar-refractivity contribution in [2.24, 2.45) is 0 Å². The van der Waals surface area contributed by atoms with Gasteiger partial charge in [-0.2, -0.15) is 11.3 Å². The van der Waals surface area contributed by atoms with Gasteiger partial charge in [0.15, 0.2) is 10.2 Å². The molecule has 0 bridgehead atoms. The van der Waals surface area contributed by atoms with E-state index in [9.17, 15) is 0 Å². The van der Waals surface area contributed by atoms with E-state index in [1.165, 1.54) is 23.1 Å². The van der Waals surface area contributed by atoms with E-state index in [-0.39, 0.29) is 0 Å². The molecule has 26 heavy (non-hydrogen) atoms. The first-order valence-electron chi connectivity index (χ1n) is 7.87. The molecule has 0 spiro atoms. The first-order valence-corrected chi connectivity index (χ1v) is 10.4. The van der Waals surface area contributed by atoms with Crippen LogP contribution in [0.15, 0.2) is 50.5 Å². The summed E-state index contributed by atoms with van der Waals surface area (Å²) in [6.45, 7) is 1.33. The molecule has 0 aliphatic carbocycles. The summed E-state index contributed by atoms with van der Waals surface area (Å²) in [7, 11) is 1.67. The van der Waals surface area contributed by atoms with Crippen molar-refractivity contribution in [3.8, 4) is 11.4 Å². The number of hydrogen-bond acceptors (Lipinski definition) is 9. The number of fused-ring (bicyclic) bond motifs is 1. The van der Waals surface area contributed by atoms with Crippen LogP contribution in [-0.2, 0) is 4.74 Å². The van der Waals surface area contributed by atoms with Gasteiger partial charge in [-0.1, -0.05) is 29.5 Å². The number of hydrogen-bond donors (Lipinski definition) is 1. The van der Waals surface area contributed by atoms with Crippen molar-refractivity contribution < 1.29 is 4.74 Å². The van der Waals surface area contributed by atoms with Gasteiger partial charge in [-0.25, -0.2) is 9.97 Å². The summed E-state index contributed by atoms with van der Waals surface area (Å²) >= 11 is 4.66. The zero-order valence-electron chi connectivity index (χ0n) is 13.9. The lowest BCUT2D eigenvalue weighted by molar-refractivity contribution is 0.211. The van der Waals surface area contributed by atoms with E-state index in [2.05, 4.69) is 20.9 Å². The van der Waals surface area contributed by atoms with E-state index in [4.69, 9.17) is 14.7 Å². The molecule has 3 heterocycles. The van der Waals surface area contributed by atoms with Gasteiger partial charge in [0.05, 0.1) is 12.1 Å². The maximum Gasteiger partial charge on any atom is 0.206 e. The molecule has 132 valence electrons. The number of nitrogens with zero attached hydrogens (tertiary/aromatic N) is 4. The van der Waals surface area contributed by atoms with Crippen LogP contribution in [0.1, 0.15) is 0 Å². The highest BCUT2D eigenvalue weighted by molar-refractivity contribution is 8.01. The fraction of sp³-hybridized carbons (Fsp3) is 0.176. The molecule has 0 aliphatic heterocycles. The fourth-order valence-corrected chi connectivity index (χ4v) is 4.75. The first-order chi connectivity index (χ1) is 12.8. The van der Waals surface area contributed by atoms with E-state index < -0.39 is 0 Å². The predicted octanol–water partition coefficient (Wildman–Crippen LogP) is 4.42. The van der Waals surface area contributed by atoms with Crippen LogP contribution in [0.2, 0.25) is 0 Å². The summed E-state index contributed by atoms with van der Waals surface area (Å²) in [4.78, 5) is 9.48. The summed E-state index contributed by atoms with van der Waals surface area (Å²) in [5, 5.41) is 18.4. The Morgan fingerprint density at radius 1 is 1.15 bits per heavy atom. The molecule has 6 nitrogen and oxygen atoms in total. The molecular weight excluding hydrogens is 386 g/mol. The Morgan fingerprint density at radius 3 is 2.92 bits per heavy atom. The van der Waals surface area contributed by atoms with E-state index in [0.717, 1.165) is 36.8 Å². The molecule has 4 aromatic rings. The van der Waals surface area contributed by atoms with Crippen LogP contribution in [0.4, 0.5) is 5.13 Å². The second-order valence-corrected chi connectivity index (χ2v) is 8.27. The number of rotatable bonds is 7. The van der Waals surface area contributed by atoms with Gasteiger partial charge in [0.2, 0.25) is 5.13 Å². The minimum absolute atomic E-state index is 0.628. The molecule has 3 aromatic heterocycles. The predicted molar refractivity (Wildman–Crippen MR) is 107 cm³/mol. The number of thiophene rings is 1. The third-order valence-corrected chi connectivity index (χ3v) is 6.14. The van der Waals surface area contributed by atoms with Gasteiger partial charge in [0, 0.05) is 30.0 Å². The van der Waals surface area contributed by atoms with Crippen LogP contribution in [0.5, 0.6) is 0 Å². The maximum atomic E-state index is 5.04. The fourth-order valence-electron chi connectivity index (χ4n) is 2.31. The van der Waals surface area contributed by atoms with Crippen molar-refractivity contribution in [2.75, 3.05) is 25.6 Å². The minimum atomic E-state index is 0.628. The third kappa shape index (κ3) is 3.85. The van der Waals surface area contributed by atoms with Crippen molar-refractivity contribution in [2.45, 2.75) is 9.37 Å². The molecule has 0 amide bonds. The normalized spacial score (nSPS) is 11.1. The topological polar surface area (TPSA) is 72.8 Å². The molecule has 1 aromatic carbocycles. The monoisotopic (exact) mass is 401 g/mol. The Hall–Kier alpha value is -2.07.